The van der Waals surface area contributed by atoms with E-state index in [1.165, 1.54) is 6.20 Å². The minimum atomic E-state index is -0.243. The lowest BCUT2D eigenvalue weighted by Gasteiger charge is -2.24. The Morgan fingerprint density at radius 2 is 2.14 bits per heavy atom. The number of fused-ring (bicyclic) bond motifs is 1. The quantitative estimate of drug-likeness (QED) is 0.819. The highest BCUT2D eigenvalue weighted by Gasteiger charge is 2.28. The zero-order chi connectivity index (χ0) is 14.8. The molecule has 5 nitrogen and oxygen atoms in total. The second kappa shape index (κ2) is 6.11. The van der Waals surface area contributed by atoms with Crippen molar-refractivity contribution >= 4 is 43.6 Å². The predicted octanol–water partition coefficient (Wildman–Crippen LogP) is 3.51. The summed E-state index contributed by atoms with van der Waals surface area (Å²) in [6, 6.07) is 7.60. The Hall–Kier alpha value is -1.47. The average Bonchev–Trinajstić information content (AvgIpc) is 2.49. The fourth-order valence-corrected chi connectivity index (χ4v) is 3.16. The van der Waals surface area contributed by atoms with E-state index in [0.29, 0.717) is 28.1 Å². The second-order valence-corrected chi connectivity index (χ2v) is 6.11. The van der Waals surface area contributed by atoms with Crippen LogP contribution < -0.4 is 10.1 Å². The minimum Gasteiger partial charge on any atom is -0.493 e. The summed E-state index contributed by atoms with van der Waals surface area (Å²) < 4.78 is 6.66. The van der Waals surface area contributed by atoms with E-state index in [9.17, 15) is 4.79 Å². The summed E-state index contributed by atoms with van der Waals surface area (Å²) in [6.45, 7) is 0.530. The Kier molecular flexibility index (Phi) is 4.21. The van der Waals surface area contributed by atoms with Crippen LogP contribution in [0.25, 0.3) is 0 Å². The number of aromatic nitrogens is 2. The maximum absolute atomic E-state index is 12.5. The van der Waals surface area contributed by atoms with E-state index in [2.05, 4.69) is 47.1 Å². The lowest BCUT2D eigenvalue weighted by Crippen LogP contribution is -2.27. The summed E-state index contributed by atoms with van der Waals surface area (Å²) in [5, 5.41) is 2.81. The molecule has 0 spiro atoms. The monoisotopic (exact) mass is 411 g/mol. The number of halogens is 2. The van der Waals surface area contributed by atoms with Crippen LogP contribution in [0.3, 0.4) is 0 Å². The van der Waals surface area contributed by atoms with Crippen molar-refractivity contribution < 1.29 is 9.53 Å². The van der Waals surface area contributed by atoms with Gasteiger partial charge in [-0.05, 0) is 44.3 Å². The molecule has 0 saturated carbocycles. The molecule has 0 bridgehead atoms. The van der Waals surface area contributed by atoms with Gasteiger partial charge in [0.1, 0.15) is 15.0 Å². The Morgan fingerprint density at radius 1 is 1.33 bits per heavy atom. The number of ether oxygens (including phenoxy) is 1. The van der Waals surface area contributed by atoms with Gasteiger partial charge in [-0.15, -0.1) is 0 Å². The highest BCUT2D eigenvalue weighted by molar-refractivity contribution is 9.11. The molecular weight excluding hydrogens is 402 g/mol. The largest absolute Gasteiger partial charge is 0.493 e. The lowest BCUT2D eigenvalue weighted by atomic mass is 9.92. The third-order valence-electron chi connectivity index (χ3n) is 3.22. The summed E-state index contributed by atoms with van der Waals surface area (Å²) in [4.78, 5) is 20.8. The van der Waals surface area contributed by atoms with E-state index >= 15 is 0 Å². The molecule has 1 atom stereocenters. The Labute approximate surface area is 138 Å². The molecule has 0 saturated heterocycles. The first kappa shape index (κ1) is 14.5. The van der Waals surface area contributed by atoms with E-state index in [1.54, 1.807) is 0 Å². The van der Waals surface area contributed by atoms with Crippen molar-refractivity contribution in [2.75, 3.05) is 11.9 Å². The highest BCUT2D eigenvalue weighted by Crippen LogP contribution is 2.34. The smallest absolute Gasteiger partial charge is 0.233 e. The van der Waals surface area contributed by atoms with Crippen molar-refractivity contribution in [2.24, 2.45) is 0 Å². The molecule has 21 heavy (non-hydrogen) atoms. The van der Waals surface area contributed by atoms with Gasteiger partial charge in [-0.1, -0.05) is 18.2 Å². The van der Waals surface area contributed by atoms with Gasteiger partial charge >= 0.3 is 0 Å². The first-order valence-corrected chi connectivity index (χ1v) is 7.94. The van der Waals surface area contributed by atoms with Crippen molar-refractivity contribution in [2.45, 2.75) is 12.3 Å². The molecular formula is C14H11Br2N3O2. The van der Waals surface area contributed by atoms with Gasteiger partial charge < -0.3 is 10.1 Å². The molecule has 7 heteroatoms. The molecule has 1 aromatic heterocycles. The first-order chi connectivity index (χ1) is 10.1. The van der Waals surface area contributed by atoms with Crippen LogP contribution >= 0.6 is 31.9 Å². The van der Waals surface area contributed by atoms with Crippen LogP contribution in [0.1, 0.15) is 17.9 Å². The summed E-state index contributed by atoms with van der Waals surface area (Å²) in [5.74, 6) is 0.826. The fourth-order valence-electron chi connectivity index (χ4n) is 2.25. The molecule has 1 unspecified atom stereocenters. The number of para-hydroxylation sites is 1. The normalized spacial score (nSPS) is 16.8. The molecule has 3 rings (SSSR count). The Bertz CT molecular complexity index is 694. The van der Waals surface area contributed by atoms with Gasteiger partial charge in [-0.3, -0.25) is 4.79 Å². The number of rotatable bonds is 2. The number of carbonyl (C=O) groups is 1. The number of carbonyl (C=O) groups excluding carboxylic acids is 1. The number of hydrogen-bond acceptors (Lipinski definition) is 4. The molecule has 0 fully saturated rings. The number of benzene rings is 1. The number of nitrogens with zero attached hydrogens (tertiary/aromatic N) is 2. The molecule has 0 aliphatic carbocycles. The summed E-state index contributed by atoms with van der Waals surface area (Å²) in [7, 11) is 0. The molecule has 1 aliphatic rings. The topological polar surface area (TPSA) is 64.1 Å². The summed E-state index contributed by atoms with van der Waals surface area (Å²) >= 11 is 6.52. The standard InChI is InChI=1S/C14H11Br2N3O2/c15-11-7-17-13(12(16)18-11)19-14(20)9-5-6-21-10-4-2-1-3-8(9)10/h1-4,7,9H,5-6H2,(H,17,19,20). The van der Waals surface area contributed by atoms with E-state index in [4.69, 9.17) is 4.74 Å². The SMILES string of the molecule is O=C(Nc1ncc(Br)nc1Br)C1CCOc2ccccc21. The molecule has 1 amide bonds. The lowest BCUT2D eigenvalue weighted by molar-refractivity contribution is -0.118. The molecule has 1 aromatic carbocycles. The van der Waals surface area contributed by atoms with Crippen molar-refractivity contribution in [1.82, 2.24) is 9.97 Å². The fraction of sp³-hybridized carbons (Fsp3) is 0.214. The zero-order valence-corrected chi connectivity index (χ0v) is 14.0. The minimum absolute atomic E-state index is 0.108. The van der Waals surface area contributed by atoms with Gasteiger partial charge in [0, 0.05) is 5.56 Å². The molecule has 108 valence electrons. The molecule has 1 aliphatic heterocycles. The van der Waals surface area contributed by atoms with Crippen LogP contribution in [0.4, 0.5) is 5.82 Å². The van der Waals surface area contributed by atoms with Crippen molar-refractivity contribution in [3.05, 3.63) is 45.2 Å². The third-order valence-corrected chi connectivity index (χ3v) is 4.15. The van der Waals surface area contributed by atoms with E-state index in [0.717, 1.165) is 11.3 Å². The summed E-state index contributed by atoms with van der Waals surface area (Å²) in [5.41, 5.74) is 0.905. The Balaban J connectivity index is 1.83. The average molecular weight is 413 g/mol. The van der Waals surface area contributed by atoms with Crippen LogP contribution in [-0.2, 0) is 4.79 Å². The second-order valence-electron chi connectivity index (χ2n) is 4.55. The van der Waals surface area contributed by atoms with Crippen molar-refractivity contribution in [1.29, 1.82) is 0 Å². The van der Waals surface area contributed by atoms with E-state index < -0.39 is 0 Å². The van der Waals surface area contributed by atoms with Gasteiger partial charge in [0.05, 0.1) is 18.7 Å². The third kappa shape index (κ3) is 3.08. The van der Waals surface area contributed by atoms with Crippen LogP contribution in [0, 0.1) is 0 Å². The molecule has 0 radical (unpaired) electrons. The molecule has 2 heterocycles. The maximum atomic E-state index is 12.5. The summed E-state index contributed by atoms with van der Waals surface area (Å²) in [6.07, 6.45) is 2.18. The zero-order valence-electron chi connectivity index (χ0n) is 10.8. The van der Waals surface area contributed by atoms with E-state index in [1.807, 2.05) is 24.3 Å². The van der Waals surface area contributed by atoms with Crippen LogP contribution in [-0.4, -0.2) is 22.5 Å². The van der Waals surface area contributed by atoms with E-state index in [-0.39, 0.29) is 11.8 Å². The number of anilines is 1. The van der Waals surface area contributed by atoms with Crippen molar-refractivity contribution in [3.63, 3.8) is 0 Å². The molecule has 2 aromatic rings. The van der Waals surface area contributed by atoms with Crippen molar-refractivity contribution in [3.8, 4) is 5.75 Å². The Morgan fingerprint density at radius 3 is 2.95 bits per heavy atom. The van der Waals surface area contributed by atoms with Crippen LogP contribution in [0.15, 0.2) is 39.7 Å². The maximum Gasteiger partial charge on any atom is 0.233 e. The van der Waals surface area contributed by atoms with Gasteiger partial charge in [0.2, 0.25) is 5.91 Å². The number of nitrogens with one attached hydrogen (secondary N) is 1. The van der Waals surface area contributed by atoms with Gasteiger partial charge in [-0.25, -0.2) is 9.97 Å². The van der Waals surface area contributed by atoms with Gasteiger partial charge in [0.15, 0.2) is 5.82 Å². The van der Waals surface area contributed by atoms with Gasteiger partial charge in [-0.2, -0.15) is 0 Å². The predicted molar refractivity (Wildman–Crippen MR) is 85.4 cm³/mol. The first-order valence-electron chi connectivity index (χ1n) is 6.36. The van der Waals surface area contributed by atoms with Gasteiger partial charge in [0.25, 0.3) is 0 Å². The van der Waals surface area contributed by atoms with Crippen LogP contribution in [0.5, 0.6) is 5.75 Å². The highest BCUT2D eigenvalue weighted by atomic mass is 79.9. The molecule has 1 N–H and O–H groups in total. The van der Waals surface area contributed by atoms with Crippen LogP contribution in [0.2, 0.25) is 0 Å². The number of amides is 1. The number of hydrogen-bond donors (Lipinski definition) is 1.